The lowest BCUT2D eigenvalue weighted by Gasteiger charge is -2.07. The van der Waals surface area contributed by atoms with Crippen LogP contribution in [0.15, 0.2) is 85.5 Å². The first-order valence-electron chi connectivity index (χ1n) is 12.7. The van der Waals surface area contributed by atoms with Crippen LogP contribution in [0.2, 0.25) is 0 Å². The highest BCUT2D eigenvalue weighted by atomic mass is 15.1. The number of imidazole rings is 2. The molecule has 0 aliphatic heterocycles. The average Bonchev–Trinajstić information content (AvgIpc) is 3.49. The molecule has 0 spiro atoms. The van der Waals surface area contributed by atoms with Crippen molar-refractivity contribution in [3.8, 4) is 23.5 Å². The summed E-state index contributed by atoms with van der Waals surface area (Å²) in [6, 6.07) is 28.8. The van der Waals surface area contributed by atoms with Crippen molar-refractivity contribution in [1.29, 1.82) is 10.5 Å². The van der Waals surface area contributed by atoms with Gasteiger partial charge in [0.05, 0.1) is 18.1 Å². The highest BCUT2D eigenvalue weighted by Gasteiger charge is 2.18. The van der Waals surface area contributed by atoms with Crippen LogP contribution < -0.4 is 4.57 Å². The van der Waals surface area contributed by atoms with Gasteiger partial charge in [-0.1, -0.05) is 24.3 Å². The number of nitrogens with zero attached hydrogens (tertiary/aromatic N) is 6. The number of aryl methyl sites for hydroxylation is 5. The monoisotopic (exact) mass is 509 g/mol. The number of aromatic nitrogens is 4. The van der Waals surface area contributed by atoms with Crippen LogP contribution in [0.4, 0.5) is 0 Å². The maximum absolute atomic E-state index is 9.26. The Hall–Kier alpha value is -5.20. The SMILES string of the molecule is Cc1cc(C)cc(-n2c[n+](C)c3c(C#N)cccc32)c1.Cc1cc(C)cc(-n2cnc3c(C#N)cccc32)c1. The van der Waals surface area contributed by atoms with Gasteiger partial charge in [-0.05, 0) is 98.5 Å². The maximum atomic E-state index is 9.26. The zero-order chi connectivity index (χ0) is 27.7. The molecule has 0 amide bonds. The lowest BCUT2D eigenvalue weighted by atomic mass is 10.1. The second-order valence-corrected chi connectivity index (χ2v) is 9.97. The van der Waals surface area contributed by atoms with Gasteiger partial charge in [0.25, 0.3) is 0 Å². The third-order valence-electron chi connectivity index (χ3n) is 6.70. The lowest BCUT2D eigenvalue weighted by molar-refractivity contribution is -0.645. The molecule has 0 unspecified atom stereocenters. The lowest BCUT2D eigenvalue weighted by Crippen LogP contribution is -2.26. The van der Waals surface area contributed by atoms with Crippen LogP contribution in [0.1, 0.15) is 33.4 Å². The van der Waals surface area contributed by atoms with Crippen LogP contribution in [0.3, 0.4) is 0 Å². The third kappa shape index (κ3) is 4.89. The summed E-state index contributed by atoms with van der Waals surface area (Å²) in [5, 5.41) is 18.4. The van der Waals surface area contributed by atoms with E-state index in [-0.39, 0.29) is 0 Å². The van der Waals surface area contributed by atoms with Gasteiger partial charge < -0.3 is 0 Å². The molecule has 0 fully saturated rings. The zero-order valence-electron chi connectivity index (χ0n) is 22.8. The molecule has 6 heteroatoms. The van der Waals surface area contributed by atoms with Crippen LogP contribution in [0, 0.1) is 50.4 Å². The molecule has 0 N–H and O–H groups in total. The summed E-state index contributed by atoms with van der Waals surface area (Å²) in [6.07, 6.45) is 3.80. The summed E-state index contributed by atoms with van der Waals surface area (Å²) in [5.74, 6) is 0. The predicted octanol–water partition coefficient (Wildman–Crippen LogP) is 6.46. The number of para-hydroxylation sites is 2. The Bertz CT molecular complexity index is 1900. The van der Waals surface area contributed by atoms with Crippen LogP contribution in [0.5, 0.6) is 0 Å². The summed E-state index contributed by atoms with van der Waals surface area (Å²) in [5.41, 5.74) is 12.2. The van der Waals surface area contributed by atoms with Crippen LogP contribution in [-0.2, 0) is 7.05 Å². The number of rotatable bonds is 2. The normalized spacial score (nSPS) is 10.6. The predicted molar refractivity (Wildman–Crippen MR) is 154 cm³/mol. The van der Waals surface area contributed by atoms with Gasteiger partial charge >= 0.3 is 0 Å². The molecule has 0 radical (unpaired) electrons. The zero-order valence-corrected chi connectivity index (χ0v) is 22.8. The summed E-state index contributed by atoms with van der Waals surface area (Å²) in [7, 11) is 1.97. The Morgan fingerprint density at radius 1 is 0.667 bits per heavy atom. The molecule has 0 aliphatic rings. The Morgan fingerprint density at radius 3 is 1.74 bits per heavy atom. The van der Waals surface area contributed by atoms with E-state index >= 15 is 0 Å². The number of nitriles is 2. The van der Waals surface area contributed by atoms with E-state index in [4.69, 9.17) is 5.26 Å². The smallest absolute Gasteiger partial charge is 0.249 e. The van der Waals surface area contributed by atoms with Gasteiger partial charge in [-0.25, -0.2) is 9.55 Å². The molecule has 0 saturated heterocycles. The number of hydrogen-bond donors (Lipinski definition) is 0. The second kappa shape index (κ2) is 10.3. The molecule has 0 saturated carbocycles. The van der Waals surface area contributed by atoms with Crippen LogP contribution >= 0.6 is 0 Å². The quantitative estimate of drug-likeness (QED) is 0.252. The first-order valence-corrected chi connectivity index (χ1v) is 12.7. The average molecular weight is 510 g/mol. The van der Waals surface area contributed by atoms with Gasteiger partial charge in [0.2, 0.25) is 6.33 Å². The van der Waals surface area contributed by atoms with Crippen molar-refractivity contribution >= 4 is 22.1 Å². The highest BCUT2D eigenvalue weighted by Crippen LogP contribution is 2.23. The maximum Gasteiger partial charge on any atom is 0.249 e. The summed E-state index contributed by atoms with van der Waals surface area (Å²) in [6.45, 7) is 8.36. The molecule has 0 bridgehead atoms. The minimum absolute atomic E-state index is 0.612. The molecular weight excluding hydrogens is 480 g/mol. The van der Waals surface area contributed by atoms with Crippen molar-refractivity contribution in [2.45, 2.75) is 27.7 Å². The molecule has 0 aliphatic carbocycles. The Morgan fingerprint density at radius 2 is 1.18 bits per heavy atom. The molecule has 6 aromatic rings. The fourth-order valence-electron chi connectivity index (χ4n) is 5.20. The van der Waals surface area contributed by atoms with Gasteiger partial charge in [0.1, 0.15) is 35.2 Å². The molecule has 6 nitrogen and oxygen atoms in total. The third-order valence-corrected chi connectivity index (χ3v) is 6.70. The van der Waals surface area contributed by atoms with Gasteiger partial charge in [0.15, 0.2) is 11.0 Å². The van der Waals surface area contributed by atoms with Crippen molar-refractivity contribution in [1.82, 2.24) is 14.1 Å². The Kier molecular flexibility index (Phi) is 6.71. The Labute approximate surface area is 228 Å². The molecule has 6 rings (SSSR count). The van der Waals surface area contributed by atoms with E-state index in [1.165, 1.54) is 22.3 Å². The molecule has 4 aromatic carbocycles. The highest BCUT2D eigenvalue weighted by molar-refractivity contribution is 5.83. The molecule has 39 heavy (non-hydrogen) atoms. The van der Waals surface area contributed by atoms with E-state index in [0.29, 0.717) is 11.1 Å². The van der Waals surface area contributed by atoms with E-state index in [1.54, 1.807) is 12.4 Å². The van der Waals surface area contributed by atoms with Crippen molar-refractivity contribution in [2.24, 2.45) is 7.05 Å². The van der Waals surface area contributed by atoms with Gasteiger partial charge in [-0.3, -0.25) is 4.57 Å². The van der Waals surface area contributed by atoms with Crippen LogP contribution in [-0.4, -0.2) is 14.1 Å². The number of fused-ring (bicyclic) bond motifs is 2. The van der Waals surface area contributed by atoms with E-state index in [2.05, 4.69) is 85.8 Å². The van der Waals surface area contributed by atoms with E-state index in [9.17, 15) is 5.26 Å². The van der Waals surface area contributed by atoms with Crippen LogP contribution in [0.25, 0.3) is 33.4 Å². The van der Waals surface area contributed by atoms with Gasteiger partial charge in [-0.2, -0.15) is 15.1 Å². The van der Waals surface area contributed by atoms with Gasteiger partial charge in [-0.15, -0.1) is 0 Å². The summed E-state index contributed by atoms with van der Waals surface area (Å²) >= 11 is 0. The van der Waals surface area contributed by atoms with Crippen molar-refractivity contribution in [3.63, 3.8) is 0 Å². The van der Waals surface area contributed by atoms with Crippen molar-refractivity contribution in [2.75, 3.05) is 0 Å². The molecule has 0 atom stereocenters. The minimum atomic E-state index is 0.612. The van der Waals surface area contributed by atoms with E-state index in [0.717, 1.165) is 33.4 Å². The minimum Gasteiger partial charge on any atom is -0.299 e. The standard InChI is InChI=1S/C17H16N3.C16H13N3/c1-12-7-13(2)9-15(8-12)20-11-19(3)17-14(10-18)5-4-6-16(17)20;1-11-6-12(2)8-14(7-11)19-10-18-16-13(9-17)4-3-5-15(16)19/h4-9,11H,1-3H3;3-8,10H,1-2H3/q+1;. The fourth-order valence-corrected chi connectivity index (χ4v) is 5.20. The summed E-state index contributed by atoms with van der Waals surface area (Å²) in [4.78, 5) is 4.37. The fraction of sp³-hybridized carbons (Fsp3) is 0.152. The molecule has 190 valence electrons. The van der Waals surface area contributed by atoms with Gasteiger partial charge in [0, 0.05) is 5.69 Å². The number of benzene rings is 4. The van der Waals surface area contributed by atoms with E-state index in [1.807, 2.05) is 52.8 Å². The first kappa shape index (κ1) is 25.4. The molecule has 2 heterocycles. The topological polar surface area (TPSA) is 74.2 Å². The number of hydrogen-bond acceptors (Lipinski definition) is 3. The van der Waals surface area contributed by atoms with E-state index < -0.39 is 0 Å². The molecular formula is C33H29N6+. The second-order valence-electron chi connectivity index (χ2n) is 9.97. The summed E-state index contributed by atoms with van der Waals surface area (Å²) < 4.78 is 6.16. The molecule has 2 aromatic heterocycles. The first-order chi connectivity index (χ1) is 18.8. The van der Waals surface area contributed by atoms with Crippen molar-refractivity contribution < 1.29 is 4.57 Å². The van der Waals surface area contributed by atoms with Crippen molar-refractivity contribution in [3.05, 3.63) is 119 Å². The Balaban J connectivity index is 0.000000158. The largest absolute Gasteiger partial charge is 0.299 e.